The largest absolute Gasteiger partial charge is 0.496 e. The van der Waals surface area contributed by atoms with Crippen molar-refractivity contribution >= 4 is 44.9 Å². The number of ether oxygens (including phenoxy) is 1. The van der Waals surface area contributed by atoms with Gasteiger partial charge in [-0.1, -0.05) is 74.3 Å². The van der Waals surface area contributed by atoms with Gasteiger partial charge < -0.3 is 9.64 Å². The molecule has 0 bridgehead atoms. The first-order valence-electron chi connectivity index (χ1n) is 16.3. The van der Waals surface area contributed by atoms with Crippen LogP contribution in [0.3, 0.4) is 0 Å². The standard InChI is InChI=1S/C37H46Cl2N4O4S/c1-35(2,3)28-13-18-31(32(25-28)47-6)33-40-36(4,26-9-14-29(38)15-10-26)37(5,27-11-16-30(39)17-12-27)43(33)34(44)42-22-20-41(21-23-42)19-8-24-48(7,45)46/h9-18,25H,8,19-24H2,1-7H3/t36-,37+/m0/s1. The molecule has 0 aromatic heterocycles. The molecule has 8 nitrogen and oxygen atoms in total. The number of nitrogens with zero attached hydrogens (tertiary/aromatic N) is 4. The molecule has 0 spiro atoms. The lowest BCUT2D eigenvalue weighted by Gasteiger charge is -2.47. The van der Waals surface area contributed by atoms with Crippen molar-refractivity contribution in [3.05, 3.63) is 99.0 Å². The molecule has 0 radical (unpaired) electrons. The molecule has 11 heteroatoms. The van der Waals surface area contributed by atoms with Crippen molar-refractivity contribution in [1.29, 1.82) is 0 Å². The quantitative estimate of drug-likeness (QED) is 0.244. The summed E-state index contributed by atoms with van der Waals surface area (Å²) in [4.78, 5) is 26.5. The van der Waals surface area contributed by atoms with Crippen LogP contribution in [0.15, 0.2) is 71.7 Å². The molecule has 5 rings (SSSR count). The molecule has 2 amide bonds. The lowest BCUT2D eigenvalue weighted by Crippen LogP contribution is -2.60. The summed E-state index contributed by atoms with van der Waals surface area (Å²) in [6.07, 6.45) is 1.83. The number of urea groups is 1. The molecule has 1 fully saturated rings. The third-order valence-electron chi connectivity index (χ3n) is 9.88. The smallest absolute Gasteiger partial charge is 0.326 e. The van der Waals surface area contributed by atoms with Gasteiger partial charge in [0.2, 0.25) is 0 Å². The first kappa shape index (κ1) is 36.2. The maximum absolute atomic E-state index is 15.1. The summed E-state index contributed by atoms with van der Waals surface area (Å²) in [6, 6.07) is 21.2. The molecule has 1 saturated heterocycles. The molecule has 3 aromatic carbocycles. The first-order valence-corrected chi connectivity index (χ1v) is 19.1. The SMILES string of the molecule is COc1cc(C(C)(C)C)ccc1C1=N[C@@](C)(c2ccc(Cl)cc2)[C@@](C)(c2ccc(Cl)cc2)N1C(=O)N1CCN(CCCS(C)(=O)=O)CC1. The number of benzene rings is 3. The van der Waals surface area contributed by atoms with Crippen molar-refractivity contribution < 1.29 is 17.9 Å². The van der Waals surface area contributed by atoms with Gasteiger partial charge in [-0.2, -0.15) is 0 Å². The predicted molar refractivity (Wildman–Crippen MR) is 195 cm³/mol. The van der Waals surface area contributed by atoms with E-state index in [1.165, 1.54) is 6.26 Å². The van der Waals surface area contributed by atoms with E-state index in [0.717, 1.165) is 22.3 Å². The van der Waals surface area contributed by atoms with Gasteiger partial charge in [0, 0.05) is 42.5 Å². The zero-order chi connectivity index (χ0) is 35.1. The molecule has 2 aliphatic rings. The van der Waals surface area contributed by atoms with Gasteiger partial charge in [0.15, 0.2) is 0 Å². The molecule has 258 valence electrons. The zero-order valence-corrected chi connectivity index (χ0v) is 31.2. The monoisotopic (exact) mass is 712 g/mol. The van der Waals surface area contributed by atoms with Crippen molar-refractivity contribution in [3.63, 3.8) is 0 Å². The maximum Gasteiger partial charge on any atom is 0.326 e. The van der Waals surface area contributed by atoms with Gasteiger partial charge in [0.25, 0.3) is 0 Å². The fraction of sp³-hybridized carbons (Fsp3) is 0.459. The van der Waals surface area contributed by atoms with Crippen LogP contribution in [0.5, 0.6) is 5.75 Å². The molecule has 0 N–H and O–H groups in total. The molecule has 2 heterocycles. The number of aliphatic imine (C=N–C) groups is 1. The van der Waals surface area contributed by atoms with Gasteiger partial charge in [-0.15, -0.1) is 0 Å². The maximum atomic E-state index is 15.1. The van der Waals surface area contributed by atoms with Gasteiger partial charge >= 0.3 is 6.03 Å². The third-order valence-corrected chi connectivity index (χ3v) is 11.4. The number of piperazine rings is 1. The van der Waals surface area contributed by atoms with Gasteiger partial charge in [-0.05, 0) is 85.3 Å². The Labute approximate surface area is 295 Å². The van der Waals surface area contributed by atoms with E-state index in [1.54, 1.807) is 7.11 Å². The molecule has 2 atom stereocenters. The average molecular weight is 714 g/mol. The van der Waals surface area contributed by atoms with Gasteiger partial charge in [0.05, 0.1) is 18.4 Å². The van der Waals surface area contributed by atoms with Crippen LogP contribution in [0.25, 0.3) is 0 Å². The van der Waals surface area contributed by atoms with E-state index in [1.807, 2.05) is 70.5 Å². The van der Waals surface area contributed by atoms with Crippen LogP contribution in [0.2, 0.25) is 10.0 Å². The second-order valence-corrected chi connectivity index (χ2v) is 17.3. The van der Waals surface area contributed by atoms with Crippen molar-refractivity contribution in [2.24, 2.45) is 4.99 Å². The minimum absolute atomic E-state index is 0.116. The first-order chi connectivity index (χ1) is 22.5. The van der Waals surface area contributed by atoms with Crippen molar-refractivity contribution in [1.82, 2.24) is 14.7 Å². The van der Waals surface area contributed by atoms with Crippen LogP contribution < -0.4 is 4.74 Å². The summed E-state index contributed by atoms with van der Waals surface area (Å²) in [5.41, 5.74) is 1.54. The molecular weight excluding hydrogens is 667 g/mol. The van der Waals surface area contributed by atoms with E-state index in [-0.39, 0.29) is 17.2 Å². The number of amidine groups is 1. The van der Waals surface area contributed by atoms with E-state index in [4.69, 9.17) is 32.9 Å². The second kappa shape index (κ2) is 13.7. The van der Waals surface area contributed by atoms with Crippen LogP contribution in [-0.4, -0.2) is 86.8 Å². The van der Waals surface area contributed by atoms with Gasteiger partial charge in [0.1, 0.15) is 32.5 Å². The van der Waals surface area contributed by atoms with E-state index < -0.39 is 20.9 Å². The zero-order valence-electron chi connectivity index (χ0n) is 28.9. The van der Waals surface area contributed by atoms with Crippen LogP contribution in [0.1, 0.15) is 63.3 Å². The van der Waals surface area contributed by atoms with E-state index >= 15 is 4.79 Å². The number of amides is 2. The van der Waals surface area contributed by atoms with E-state index in [9.17, 15) is 8.42 Å². The van der Waals surface area contributed by atoms with Crippen LogP contribution in [0.4, 0.5) is 4.79 Å². The topological polar surface area (TPSA) is 82.5 Å². The highest BCUT2D eigenvalue weighted by atomic mass is 35.5. The Hall–Kier alpha value is -3.11. The predicted octanol–water partition coefficient (Wildman–Crippen LogP) is 7.36. The number of sulfone groups is 1. The number of carbonyl (C=O) groups excluding carboxylic acids is 1. The third kappa shape index (κ3) is 7.11. The van der Waals surface area contributed by atoms with Gasteiger partial charge in [-0.3, -0.25) is 14.8 Å². The minimum atomic E-state index is -3.02. The summed E-state index contributed by atoms with van der Waals surface area (Å²) >= 11 is 12.8. The number of rotatable bonds is 8. The Morgan fingerprint density at radius 2 is 1.46 bits per heavy atom. The van der Waals surface area contributed by atoms with E-state index in [0.29, 0.717) is 60.8 Å². The molecule has 3 aromatic rings. The van der Waals surface area contributed by atoms with Crippen molar-refractivity contribution in [2.75, 3.05) is 51.8 Å². The van der Waals surface area contributed by atoms with Crippen LogP contribution in [-0.2, 0) is 26.3 Å². The average Bonchev–Trinajstić information content (AvgIpc) is 3.28. The summed E-state index contributed by atoms with van der Waals surface area (Å²) in [7, 11) is -1.38. The molecule has 0 saturated carbocycles. The second-order valence-electron chi connectivity index (χ2n) is 14.2. The molecule has 2 aliphatic heterocycles. The lowest BCUT2D eigenvalue weighted by molar-refractivity contribution is 0.0868. The lowest BCUT2D eigenvalue weighted by atomic mass is 9.71. The summed E-state index contributed by atoms with van der Waals surface area (Å²) in [5.74, 6) is 1.30. The molecule has 0 aliphatic carbocycles. The highest BCUT2D eigenvalue weighted by molar-refractivity contribution is 7.90. The number of hydrogen-bond acceptors (Lipinski definition) is 6. The molecule has 0 unspecified atom stereocenters. The Bertz CT molecular complexity index is 1780. The van der Waals surface area contributed by atoms with E-state index in [2.05, 4.69) is 45.6 Å². The normalized spacial score (nSPS) is 22.1. The summed E-state index contributed by atoms with van der Waals surface area (Å²) in [5, 5.41) is 1.21. The number of halogens is 2. The molecular formula is C37H46Cl2N4O4S. The highest BCUT2D eigenvalue weighted by Gasteiger charge is 2.60. The summed E-state index contributed by atoms with van der Waals surface area (Å²) in [6.45, 7) is 13.5. The molecule has 48 heavy (non-hydrogen) atoms. The fourth-order valence-electron chi connectivity index (χ4n) is 6.76. The Balaban J connectivity index is 1.64. The van der Waals surface area contributed by atoms with Crippen LogP contribution >= 0.6 is 23.2 Å². The number of hydrogen-bond donors (Lipinski definition) is 0. The number of methoxy groups -OCH3 is 1. The minimum Gasteiger partial charge on any atom is -0.496 e. The highest BCUT2D eigenvalue weighted by Crippen LogP contribution is 2.54. The Morgan fingerprint density at radius 3 is 1.98 bits per heavy atom. The van der Waals surface area contributed by atoms with Crippen molar-refractivity contribution in [3.8, 4) is 5.75 Å². The summed E-state index contributed by atoms with van der Waals surface area (Å²) < 4.78 is 29.4. The number of carbonyl (C=O) groups is 1. The van der Waals surface area contributed by atoms with Crippen LogP contribution in [0, 0.1) is 0 Å². The Morgan fingerprint density at radius 1 is 0.896 bits per heavy atom. The van der Waals surface area contributed by atoms with Gasteiger partial charge in [-0.25, -0.2) is 13.2 Å². The Kier molecular flexibility index (Phi) is 10.3. The fourth-order valence-corrected chi connectivity index (χ4v) is 7.67. The van der Waals surface area contributed by atoms with Crippen molar-refractivity contribution in [2.45, 2.75) is 57.5 Å².